The second kappa shape index (κ2) is 7.16. The molecule has 0 unspecified atom stereocenters. The van der Waals surface area contributed by atoms with Crippen LogP contribution in [0.4, 0.5) is 0 Å². The minimum Gasteiger partial charge on any atom is -0.496 e. The van der Waals surface area contributed by atoms with Crippen LogP contribution in [0.15, 0.2) is 42.0 Å². The Morgan fingerprint density at radius 3 is 2.71 bits per heavy atom. The number of hydrogen-bond acceptors (Lipinski definition) is 4. The topological polar surface area (TPSA) is 62.6 Å². The fourth-order valence-corrected chi connectivity index (χ4v) is 2.83. The normalized spacial score (nSPS) is 15.2. The fourth-order valence-electron chi connectivity index (χ4n) is 2.83. The van der Waals surface area contributed by atoms with Crippen LogP contribution in [0.3, 0.4) is 0 Å². The van der Waals surface area contributed by atoms with Crippen molar-refractivity contribution < 1.29 is 14.3 Å². The van der Waals surface area contributed by atoms with Crippen LogP contribution in [0, 0.1) is 11.3 Å². The van der Waals surface area contributed by atoms with E-state index in [1.807, 2.05) is 42.5 Å². The van der Waals surface area contributed by atoms with Crippen molar-refractivity contribution in [3.63, 3.8) is 0 Å². The number of nitriles is 1. The molecule has 5 heteroatoms. The molecule has 0 saturated carbocycles. The maximum atomic E-state index is 12.6. The first-order chi connectivity index (χ1) is 11.7. The molecule has 0 N–H and O–H groups in total. The van der Waals surface area contributed by atoms with Crippen molar-refractivity contribution >= 4 is 22.8 Å². The predicted octanol–water partition coefficient (Wildman–Crippen LogP) is 2.61. The lowest BCUT2D eigenvalue weighted by Gasteiger charge is -2.26. The van der Waals surface area contributed by atoms with Crippen LogP contribution in [0.1, 0.15) is 5.56 Å². The average molecular weight is 322 g/mol. The molecule has 0 spiro atoms. The van der Waals surface area contributed by atoms with Gasteiger partial charge in [0.15, 0.2) is 0 Å². The van der Waals surface area contributed by atoms with Crippen molar-refractivity contribution in [3.05, 3.63) is 47.5 Å². The summed E-state index contributed by atoms with van der Waals surface area (Å²) in [4.78, 5) is 14.3. The number of carbonyl (C=O) groups excluding carboxylic acids is 1. The lowest BCUT2D eigenvalue weighted by Crippen LogP contribution is -2.41. The van der Waals surface area contributed by atoms with Crippen LogP contribution < -0.4 is 4.74 Å². The Labute approximate surface area is 140 Å². The quantitative estimate of drug-likeness (QED) is 0.644. The van der Waals surface area contributed by atoms with Gasteiger partial charge in [-0.05, 0) is 22.9 Å². The minimum atomic E-state index is -0.268. The van der Waals surface area contributed by atoms with E-state index < -0.39 is 0 Å². The lowest BCUT2D eigenvalue weighted by molar-refractivity contribution is -0.130. The first kappa shape index (κ1) is 16.0. The van der Waals surface area contributed by atoms with Gasteiger partial charge in [-0.2, -0.15) is 5.26 Å². The second-order valence-electron chi connectivity index (χ2n) is 5.48. The van der Waals surface area contributed by atoms with Gasteiger partial charge in [0, 0.05) is 18.7 Å². The molecule has 0 atom stereocenters. The highest BCUT2D eigenvalue weighted by Gasteiger charge is 2.21. The van der Waals surface area contributed by atoms with Crippen molar-refractivity contribution in [2.75, 3.05) is 33.4 Å². The van der Waals surface area contributed by atoms with E-state index in [1.165, 1.54) is 0 Å². The second-order valence-corrected chi connectivity index (χ2v) is 5.48. The van der Waals surface area contributed by atoms with Crippen LogP contribution in [-0.2, 0) is 9.53 Å². The largest absolute Gasteiger partial charge is 0.496 e. The van der Waals surface area contributed by atoms with E-state index in [4.69, 9.17) is 9.47 Å². The lowest BCUT2D eigenvalue weighted by atomic mass is 10.0. The first-order valence-electron chi connectivity index (χ1n) is 7.79. The van der Waals surface area contributed by atoms with Crippen molar-refractivity contribution in [2.24, 2.45) is 0 Å². The number of ether oxygens (including phenoxy) is 2. The first-order valence-corrected chi connectivity index (χ1v) is 7.79. The van der Waals surface area contributed by atoms with E-state index in [0.717, 1.165) is 16.3 Å². The minimum absolute atomic E-state index is 0.103. The van der Waals surface area contributed by atoms with Crippen molar-refractivity contribution in [2.45, 2.75) is 0 Å². The number of nitrogens with zero attached hydrogens (tertiary/aromatic N) is 2. The van der Waals surface area contributed by atoms with E-state index in [9.17, 15) is 10.1 Å². The molecule has 0 radical (unpaired) electrons. The summed E-state index contributed by atoms with van der Waals surface area (Å²) < 4.78 is 10.7. The molecule has 0 aromatic heterocycles. The number of carbonyl (C=O) groups is 1. The summed E-state index contributed by atoms with van der Waals surface area (Å²) in [5.41, 5.74) is 0.848. The van der Waals surface area contributed by atoms with E-state index in [2.05, 4.69) is 0 Å². The van der Waals surface area contributed by atoms with E-state index in [0.29, 0.717) is 32.1 Å². The van der Waals surface area contributed by atoms with Crippen LogP contribution >= 0.6 is 0 Å². The van der Waals surface area contributed by atoms with Gasteiger partial charge in [-0.25, -0.2) is 0 Å². The van der Waals surface area contributed by atoms with Crippen molar-refractivity contribution in [1.82, 2.24) is 4.90 Å². The smallest absolute Gasteiger partial charge is 0.264 e. The highest BCUT2D eigenvalue weighted by Crippen LogP contribution is 2.30. The fraction of sp³-hybridized carbons (Fsp3) is 0.263. The van der Waals surface area contributed by atoms with Crippen LogP contribution in [0.2, 0.25) is 0 Å². The summed E-state index contributed by atoms with van der Waals surface area (Å²) in [7, 11) is 1.58. The molecule has 122 valence electrons. The zero-order chi connectivity index (χ0) is 16.9. The molecule has 2 aromatic rings. The van der Waals surface area contributed by atoms with Gasteiger partial charge in [-0.3, -0.25) is 4.79 Å². The third-order valence-electron chi connectivity index (χ3n) is 4.09. The summed E-state index contributed by atoms with van der Waals surface area (Å²) in [5.74, 6) is 0.368. The number of hydrogen-bond donors (Lipinski definition) is 0. The molecule has 1 aliphatic heterocycles. The molecule has 5 nitrogen and oxygen atoms in total. The molecule has 2 aromatic carbocycles. The SMILES string of the molecule is COc1ccc2ccccc2c1C=C(C#N)C(=O)N1CCOCC1. The monoisotopic (exact) mass is 322 g/mol. The highest BCUT2D eigenvalue weighted by atomic mass is 16.5. The third-order valence-corrected chi connectivity index (χ3v) is 4.09. The van der Waals surface area contributed by atoms with Crippen LogP contribution in [-0.4, -0.2) is 44.2 Å². The van der Waals surface area contributed by atoms with E-state index >= 15 is 0 Å². The Morgan fingerprint density at radius 2 is 2.00 bits per heavy atom. The number of benzene rings is 2. The molecule has 0 bridgehead atoms. The van der Waals surface area contributed by atoms with Gasteiger partial charge in [-0.1, -0.05) is 30.3 Å². The Bertz CT molecular complexity index is 830. The maximum Gasteiger partial charge on any atom is 0.264 e. The van der Waals surface area contributed by atoms with E-state index in [1.54, 1.807) is 18.1 Å². The van der Waals surface area contributed by atoms with Gasteiger partial charge in [0.1, 0.15) is 17.4 Å². The summed E-state index contributed by atoms with van der Waals surface area (Å²) in [6.45, 7) is 2.01. The molecular formula is C19H18N2O3. The molecular weight excluding hydrogens is 304 g/mol. The molecule has 1 aliphatic rings. The number of rotatable bonds is 3. The van der Waals surface area contributed by atoms with Gasteiger partial charge in [0.2, 0.25) is 0 Å². The van der Waals surface area contributed by atoms with Gasteiger partial charge >= 0.3 is 0 Å². The summed E-state index contributed by atoms with van der Waals surface area (Å²) >= 11 is 0. The number of fused-ring (bicyclic) bond motifs is 1. The van der Waals surface area contributed by atoms with Crippen molar-refractivity contribution in [1.29, 1.82) is 5.26 Å². The summed E-state index contributed by atoms with van der Waals surface area (Å²) in [6, 6.07) is 13.7. The Hall–Kier alpha value is -2.84. The summed E-state index contributed by atoms with van der Waals surface area (Å²) in [5, 5.41) is 11.5. The summed E-state index contributed by atoms with van der Waals surface area (Å²) in [6.07, 6.45) is 1.62. The van der Waals surface area contributed by atoms with Crippen molar-refractivity contribution in [3.8, 4) is 11.8 Å². The zero-order valence-corrected chi connectivity index (χ0v) is 13.5. The number of methoxy groups -OCH3 is 1. The van der Waals surface area contributed by atoms with Gasteiger partial charge in [0.05, 0.1) is 20.3 Å². The molecule has 1 amide bonds. The van der Waals surface area contributed by atoms with Crippen LogP contribution in [0.25, 0.3) is 16.8 Å². The molecule has 3 rings (SSSR count). The predicted molar refractivity (Wildman–Crippen MR) is 91.5 cm³/mol. The number of amides is 1. The Kier molecular flexibility index (Phi) is 4.78. The Morgan fingerprint density at radius 1 is 1.25 bits per heavy atom. The average Bonchev–Trinajstić information content (AvgIpc) is 2.66. The zero-order valence-electron chi connectivity index (χ0n) is 13.5. The highest BCUT2D eigenvalue weighted by molar-refractivity contribution is 6.05. The van der Waals surface area contributed by atoms with Gasteiger partial charge < -0.3 is 14.4 Å². The standard InChI is InChI=1S/C19H18N2O3/c1-23-18-7-6-14-4-2-3-5-16(14)17(18)12-15(13-20)19(22)21-8-10-24-11-9-21/h2-7,12H,8-11H2,1H3. The van der Waals surface area contributed by atoms with Gasteiger partial charge in [-0.15, -0.1) is 0 Å². The molecule has 24 heavy (non-hydrogen) atoms. The maximum absolute atomic E-state index is 12.6. The third kappa shape index (κ3) is 3.10. The van der Waals surface area contributed by atoms with Gasteiger partial charge in [0.25, 0.3) is 5.91 Å². The molecule has 1 fully saturated rings. The van der Waals surface area contributed by atoms with E-state index in [-0.39, 0.29) is 11.5 Å². The Balaban J connectivity index is 2.06. The molecule has 1 heterocycles. The molecule has 1 saturated heterocycles. The number of morpholine rings is 1. The van der Waals surface area contributed by atoms with Crippen LogP contribution in [0.5, 0.6) is 5.75 Å². The molecule has 0 aliphatic carbocycles.